The van der Waals surface area contributed by atoms with Crippen molar-refractivity contribution in [1.29, 1.82) is 0 Å². The fraction of sp³-hybridized carbons (Fsp3) is 0.571. The zero-order valence-electron chi connectivity index (χ0n) is 24.6. The Labute approximate surface area is 266 Å². The van der Waals surface area contributed by atoms with Crippen LogP contribution in [-0.2, 0) is 13.1 Å². The summed E-state index contributed by atoms with van der Waals surface area (Å²) in [6.45, 7) is 5.20. The van der Waals surface area contributed by atoms with Gasteiger partial charge in [-0.2, -0.15) is 0 Å². The summed E-state index contributed by atoms with van der Waals surface area (Å²) in [5.41, 5.74) is 1.85. The lowest BCUT2D eigenvalue weighted by Crippen LogP contribution is -2.34. The fourth-order valence-electron chi connectivity index (χ4n) is 5.51. The van der Waals surface area contributed by atoms with Gasteiger partial charge in [-0.1, -0.05) is 73.9 Å². The number of hydrogen-bond donors (Lipinski definition) is 0. The molecule has 0 atom stereocenters. The lowest BCUT2D eigenvalue weighted by atomic mass is 10.1. The number of pyridine rings is 2. The first-order chi connectivity index (χ1) is 21.3. The fourth-order valence-corrected chi connectivity index (χ4v) is 5.74. The topological polar surface area (TPSA) is 150 Å². The maximum Gasteiger partial charge on any atom is 0.274 e. The molecule has 44 heavy (non-hydrogen) atoms. The third kappa shape index (κ3) is 10.4. The number of nitro groups is 2. The molecular weight excluding hydrogens is 611 g/mol. The van der Waals surface area contributed by atoms with Gasteiger partial charge in [-0.3, -0.25) is 0 Å². The molecule has 2 aromatic heterocycles. The van der Waals surface area contributed by atoms with E-state index in [1.165, 1.54) is 0 Å². The zero-order valence-corrected chi connectivity index (χ0v) is 26.2. The highest BCUT2D eigenvalue weighted by atomic mass is 35.5. The first-order valence-electron chi connectivity index (χ1n) is 14.9. The quantitative estimate of drug-likeness (QED) is 0.0999. The molecule has 0 saturated carbocycles. The highest BCUT2D eigenvalue weighted by molar-refractivity contribution is 6.29. The minimum atomic E-state index is -0.629. The molecule has 0 N–H and O–H groups in total. The maximum absolute atomic E-state index is 11.2. The van der Waals surface area contributed by atoms with Crippen LogP contribution >= 0.6 is 23.2 Å². The summed E-state index contributed by atoms with van der Waals surface area (Å²) in [4.78, 5) is 38.4. The van der Waals surface area contributed by atoms with Gasteiger partial charge in [-0.15, -0.1) is 0 Å². The van der Waals surface area contributed by atoms with Crippen molar-refractivity contribution < 1.29 is 10.1 Å². The lowest BCUT2D eigenvalue weighted by Gasteiger charge is -2.20. The Bertz CT molecular complexity index is 1200. The minimum Gasteiger partial charge on any atom is -0.336 e. The van der Waals surface area contributed by atoms with Gasteiger partial charge in [-0.05, 0) is 36.1 Å². The zero-order chi connectivity index (χ0) is 31.3. The van der Waals surface area contributed by atoms with Gasteiger partial charge >= 0.3 is 0 Å². The molecule has 2 aliphatic rings. The van der Waals surface area contributed by atoms with E-state index in [4.69, 9.17) is 23.2 Å². The number of aromatic nitrogens is 2. The molecule has 4 heterocycles. The maximum atomic E-state index is 11.2. The predicted octanol–water partition coefficient (Wildman–Crippen LogP) is 4.94. The first kappa shape index (κ1) is 33.1. The third-order valence-corrected chi connectivity index (χ3v) is 8.13. The van der Waals surface area contributed by atoms with Crippen LogP contribution in [0.25, 0.3) is 0 Å². The summed E-state index contributed by atoms with van der Waals surface area (Å²) in [6, 6.07) is 7.16. The first-order valence-corrected chi connectivity index (χ1v) is 15.7. The van der Waals surface area contributed by atoms with Crippen LogP contribution in [-0.4, -0.2) is 90.8 Å². The summed E-state index contributed by atoms with van der Waals surface area (Å²) in [5.74, 6) is 0.805. The summed E-state index contributed by atoms with van der Waals surface area (Å²) in [5, 5.41) is 29.3. The van der Waals surface area contributed by atoms with Crippen molar-refractivity contribution in [3.8, 4) is 0 Å². The van der Waals surface area contributed by atoms with Gasteiger partial charge in [-0.25, -0.2) is 30.2 Å². The van der Waals surface area contributed by atoms with Gasteiger partial charge in [0.25, 0.3) is 11.9 Å². The predicted molar refractivity (Wildman–Crippen MR) is 168 cm³/mol. The van der Waals surface area contributed by atoms with Crippen molar-refractivity contribution in [2.45, 2.75) is 64.5 Å². The van der Waals surface area contributed by atoms with E-state index in [2.05, 4.69) is 20.2 Å². The second-order valence-corrected chi connectivity index (χ2v) is 11.7. The van der Waals surface area contributed by atoms with Crippen LogP contribution in [0.5, 0.6) is 0 Å². The van der Waals surface area contributed by atoms with Crippen molar-refractivity contribution >= 4 is 35.1 Å². The standard InChI is InChI=1S/C28H38Cl2N10O4/c29-25-11-9-23(19-31-25)21-37-17-15-35(27(37)33-39(41)42)13-7-5-3-1-2-4-6-8-14-36-16-18-38(28(36)34-40(43)44)22-24-10-12-26(30)32-20-24/h9-12,19-20H,1-8,13-18,21-22H2/b33-27-,34-28-. The van der Waals surface area contributed by atoms with Crippen LogP contribution < -0.4 is 0 Å². The average Bonchev–Trinajstić information content (AvgIpc) is 3.54. The normalized spacial score (nSPS) is 17.0. The largest absolute Gasteiger partial charge is 0.336 e. The number of hydrogen-bond acceptors (Lipinski definition) is 6. The summed E-state index contributed by atoms with van der Waals surface area (Å²) in [7, 11) is 0. The number of rotatable bonds is 17. The van der Waals surface area contributed by atoms with Gasteiger partial charge in [0, 0.05) is 64.8 Å². The van der Waals surface area contributed by atoms with Crippen molar-refractivity contribution in [3.63, 3.8) is 0 Å². The van der Waals surface area contributed by atoms with E-state index in [-0.39, 0.29) is 0 Å². The summed E-state index contributed by atoms with van der Waals surface area (Å²) < 4.78 is 0. The van der Waals surface area contributed by atoms with Crippen molar-refractivity contribution in [3.05, 3.63) is 78.3 Å². The van der Waals surface area contributed by atoms with Gasteiger partial charge in [0.05, 0.1) is 0 Å². The van der Waals surface area contributed by atoms with E-state index in [9.17, 15) is 20.2 Å². The molecule has 2 fully saturated rings. The molecule has 14 nitrogen and oxygen atoms in total. The molecule has 16 heteroatoms. The Balaban J connectivity index is 1.09. The van der Waals surface area contributed by atoms with Crippen LogP contribution in [0.2, 0.25) is 10.3 Å². The molecule has 4 rings (SSSR count). The van der Waals surface area contributed by atoms with E-state index in [1.807, 2.05) is 31.7 Å². The molecule has 2 saturated heterocycles. The Morgan fingerprint density at radius 3 is 1.32 bits per heavy atom. The van der Waals surface area contributed by atoms with Gasteiger partial charge < -0.3 is 19.6 Å². The SMILES string of the molecule is O=[N+]([O-])/N=C1/N(CCCCCCCCCCN2CCN(Cc3ccc(Cl)nc3)/C2=N\[N+](=O)[O-])CCN1Cc1ccc(Cl)nc1. The van der Waals surface area contributed by atoms with Gasteiger partial charge in [0.1, 0.15) is 20.5 Å². The third-order valence-electron chi connectivity index (χ3n) is 7.68. The average molecular weight is 650 g/mol. The number of nitrogens with zero attached hydrogens (tertiary/aromatic N) is 10. The molecule has 0 radical (unpaired) electrons. The number of unbranched alkanes of at least 4 members (excludes halogenated alkanes) is 7. The summed E-state index contributed by atoms with van der Waals surface area (Å²) >= 11 is 11.7. The monoisotopic (exact) mass is 648 g/mol. The summed E-state index contributed by atoms with van der Waals surface area (Å²) in [6.07, 6.45) is 11.8. The minimum absolute atomic E-state index is 0.402. The highest BCUT2D eigenvalue weighted by Crippen LogP contribution is 2.18. The van der Waals surface area contributed by atoms with E-state index in [0.29, 0.717) is 61.5 Å². The molecule has 0 aliphatic carbocycles. The van der Waals surface area contributed by atoms with Gasteiger partial charge in [0.2, 0.25) is 0 Å². The molecule has 2 aliphatic heterocycles. The Hall–Kier alpha value is -3.78. The van der Waals surface area contributed by atoms with E-state index < -0.39 is 10.1 Å². The second-order valence-electron chi connectivity index (χ2n) is 10.9. The lowest BCUT2D eigenvalue weighted by molar-refractivity contribution is -0.486. The molecule has 0 amide bonds. The van der Waals surface area contributed by atoms with Crippen LogP contribution in [0.15, 0.2) is 46.9 Å². The van der Waals surface area contributed by atoms with Crippen LogP contribution in [0.4, 0.5) is 0 Å². The Morgan fingerprint density at radius 1 is 0.614 bits per heavy atom. The van der Waals surface area contributed by atoms with E-state index in [0.717, 1.165) is 75.6 Å². The van der Waals surface area contributed by atoms with E-state index >= 15 is 0 Å². The second kappa shape index (κ2) is 16.9. The van der Waals surface area contributed by atoms with Crippen LogP contribution in [0, 0.1) is 20.2 Å². The molecule has 0 bridgehead atoms. The van der Waals surface area contributed by atoms with Crippen LogP contribution in [0.1, 0.15) is 62.5 Å². The smallest absolute Gasteiger partial charge is 0.274 e. The number of guanidine groups is 2. The van der Waals surface area contributed by atoms with Crippen molar-refractivity contribution in [2.75, 3.05) is 39.3 Å². The Kier molecular flexibility index (Phi) is 12.7. The van der Waals surface area contributed by atoms with Crippen molar-refractivity contribution in [2.24, 2.45) is 10.2 Å². The highest BCUT2D eigenvalue weighted by Gasteiger charge is 2.30. The molecule has 0 spiro atoms. The molecule has 0 aromatic carbocycles. The van der Waals surface area contributed by atoms with Crippen LogP contribution in [0.3, 0.4) is 0 Å². The van der Waals surface area contributed by atoms with Gasteiger partial charge in [0.15, 0.2) is 10.1 Å². The Morgan fingerprint density at radius 2 is 0.977 bits per heavy atom. The van der Waals surface area contributed by atoms with Crippen molar-refractivity contribution in [1.82, 2.24) is 29.6 Å². The molecular formula is C28H38Cl2N10O4. The molecule has 238 valence electrons. The molecule has 2 aromatic rings. The number of halogens is 2. The number of hydrazone groups is 2. The molecule has 0 unspecified atom stereocenters. The van der Waals surface area contributed by atoms with E-state index in [1.54, 1.807) is 24.5 Å².